The zero-order chi connectivity index (χ0) is 17.9. The fourth-order valence-corrected chi connectivity index (χ4v) is 3.66. The van der Waals surface area contributed by atoms with Gasteiger partial charge in [-0.1, -0.05) is 0 Å². The molecule has 0 spiro atoms. The average molecular weight is 356 g/mol. The number of ether oxygens (including phenoxy) is 2. The van der Waals surface area contributed by atoms with E-state index in [-0.39, 0.29) is 5.91 Å². The lowest BCUT2D eigenvalue weighted by molar-refractivity contribution is 0.102. The van der Waals surface area contributed by atoms with Gasteiger partial charge in [0.25, 0.3) is 5.91 Å². The van der Waals surface area contributed by atoms with E-state index in [0.29, 0.717) is 30.3 Å². The van der Waals surface area contributed by atoms with Crippen molar-refractivity contribution < 1.29 is 14.3 Å². The normalized spacial score (nSPS) is 16.9. The molecular weight excluding hydrogens is 332 g/mol. The van der Waals surface area contributed by atoms with Crippen LogP contribution in [-0.2, 0) is 17.6 Å². The number of hydrogen-bond acceptors (Lipinski definition) is 5. The maximum Gasteiger partial charge on any atom is 0.276 e. The van der Waals surface area contributed by atoms with Crippen LogP contribution in [0.25, 0.3) is 0 Å². The van der Waals surface area contributed by atoms with Gasteiger partial charge in [0.15, 0.2) is 5.69 Å². The number of aryl methyl sites for hydroxylation is 1. The molecule has 7 nitrogen and oxygen atoms in total. The summed E-state index contributed by atoms with van der Waals surface area (Å²) < 4.78 is 10.8. The second-order valence-electron chi connectivity index (χ2n) is 6.67. The summed E-state index contributed by atoms with van der Waals surface area (Å²) in [5.41, 5.74) is 4.36. The van der Waals surface area contributed by atoms with Crippen LogP contribution in [0.5, 0.6) is 5.75 Å². The summed E-state index contributed by atoms with van der Waals surface area (Å²) in [5.74, 6) is 0.446. The summed E-state index contributed by atoms with van der Waals surface area (Å²) in [4.78, 5) is 15.1. The Kier molecular flexibility index (Phi) is 4.79. The molecule has 1 aliphatic carbocycles. The number of benzene rings is 1. The molecule has 1 aliphatic heterocycles. The van der Waals surface area contributed by atoms with Crippen LogP contribution in [0.1, 0.15) is 34.6 Å². The summed E-state index contributed by atoms with van der Waals surface area (Å²) in [6, 6.07) is 5.86. The lowest BCUT2D eigenvalue weighted by atomic mass is 9.96. The number of carbonyl (C=O) groups excluding carboxylic acids is 1. The molecule has 26 heavy (non-hydrogen) atoms. The Morgan fingerprint density at radius 3 is 2.88 bits per heavy atom. The van der Waals surface area contributed by atoms with Crippen LogP contribution in [0.2, 0.25) is 0 Å². The molecule has 0 atom stereocenters. The number of aromatic amines is 1. The molecule has 7 heteroatoms. The third kappa shape index (κ3) is 3.26. The zero-order valence-corrected chi connectivity index (χ0v) is 15.0. The maximum atomic E-state index is 12.8. The topological polar surface area (TPSA) is 79.5 Å². The number of hydrogen-bond donors (Lipinski definition) is 2. The Morgan fingerprint density at radius 1 is 1.27 bits per heavy atom. The van der Waals surface area contributed by atoms with E-state index in [2.05, 4.69) is 20.4 Å². The number of H-pyrrole nitrogens is 1. The molecule has 0 radical (unpaired) electrons. The van der Waals surface area contributed by atoms with Gasteiger partial charge in [0.1, 0.15) is 5.75 Å². The number of carbonyl (C=O) groups is 1. The minimum atomic E-state index is -0.193. The van der Waals surface area contributed by atoms with Crippen molar-refractivity contribution in [2.24, 2.45) is 0 Å². The van der Waals surface area contributed by atoms with Crippen molar-refractivity contribution in [1.29, 1.82) is 0 Å². The molecule has 138 valence electrons. The van der Waals surface area contributed by atoms with Crippen molar-refractivity contribution >= 4 is 17.3 Å². The summed E-state index contributed by atoms with van der Waals surface area (Å²) in [6.45, 7) is 3.11. The summed E-state index contributed by atoms with van der Waals surface area (Å²) in [7, 11) is 1.61. The van der Waals surface area contributed by atoms with Crippen molar-refractivity contribution in [2.45, 2.75) is 25.7 Å². The third-order valence-corrected chi connectivity index (χ3v) is 5.08. The first-order valence-corrected chi connectivity index (χ1v) is 9.14. The highest BCUT2D eigenvalue weighted by molar-refractivity contribution is 6.05. The van der Waals surface area contributed by atoms with Crippen molar-refractivity contribution in [3.8, 4) is 5.75 Å². The highest BCUT2D eigenvalue weighted by Gasteiger charge is 2.23. The zero-order valence-electron chi connectivity index (χ0n) is 15.0. The van der Waals surface area contributed by atoms with Crippen molar-refractivity contribution in [2.75, 3.05) is 43.6 Å². The molecule has 4 rings (SSSR count). The first-order chi connectivity index (χ1) is 12.8. The quantitative estimate of drug-likeness (QED) is 0.879. The van der Waals surface area contributed by atoms with E-state index in [4.69, 9.17) is 9.47 Å². The smallest absolute Gasteiger partial charge is 0.276 e. The van der Waals surface area contributed by atoms with Gasteiger partial charge in [0.05, 0.1) is 26.0 Å². The van der Waals surface area contributed by atoms with Gasteiger partial charge < -0.3 is 19.7 Å². The minimum Gasteiger partial charge on any atom is -0.495 e. The van der Waals surface area contributed by atoms with Crippen LogP contribution in [0, 0.1) is 0 Å². The predicted molar refractivity (Wildman–Crippen MR) is 99.2 cm³/mol. The molecular formula is C19H24N4O3. The third-order valence-electron chi connectivity index (χ3n) is 5.08. The van der Waals surface area contributed by atoms with Gasteiger partial charge >= 0.3 is 0 Å². The molecule has 1 saturated heterocycles. The van der Waals surface area contributed by atoms with E-state index >= 15 is 0 Å². The summed E-state index contributed by atoms with van der Waals surface area (Å²) in [6.07, 6.45) is 4.11. The van der Waals surface area contributed by atoms with Crippen LogP contribution in [0.3, 0.4) is 0 Å². The first kappa shape index (κ1) is 16.9. The lowest BCUT2D eigenvalue weighted by Crippen LogP contribution is -2.36. The van der Waals surface area contributed by atoms with E-state index in [1.165, 1.54) is 0 Å². The Labute approximate surface area is 152 Å². The van der Waals surface area contributed by atoms with Gasteiger partial charge in [-0.2, -0.15) is 5.10 Å². The van der Waals surface area contributed by atoms with Crippen molar-refractivity contribution in [1.82, 2.24) is 10.2 Å². The van der Waals surface area contributed by atoms with Gasteiger partial charge in [0, 0.05) is 30.0 Å². The Hall–Kier alpha value is -2.54. The average Bonchev–Trinajstić information content (AvgIpc) is 3.13. The van der Waals surface area contributed by atoms with E-state index in [1.54, 1.807) is 7.11 Å². The van der Waals surface area contributed by atoms with E-state index in [0.717, 1.165) is 55.7 Å². The molecule has 1 fully saturated rings. The van der Waals surface area contributed by atoms with Gasteiger partial charge in [-0.15, -0.1) is 0 Å². The second-order valence-corrected chi connectivity index (χ2v) is 6.67. The van der Waals surface area contributed by atoms with Gasteiger partial charge in [-0.3, -0.25) is 9.89 Å². The molecule has 0 saturated carbocycles. The Morgan fingerprint density at radius 2 is 2.08 bits per heavy atom. The second kappa shape index (κ2) is 7.37. The molecule has 1 aromatic heterocycles. The van der Waals surface area contributed by atoms with Gasteiger partial charge in [-0.25, -0.2) is 0 Å². The van der Waals surface area contributed by atoms with Crippen molar-refractivity contribution in [3.05, 3.63) is 35.2 Å². The monoisotopic (exact) mass is 356 g/mol. The summed E-state index contributed by atoms with van der Waals surface area (Å²) >= 11 is 0. The maximum absolute atomic E-state index is 12.8. The number of amides is 1. The molecule has 0 unspecified atom stereocenters. The SMILES string of the molecule is COc1ccc(N2CCOCC2)cc1NC(=O)c1n[nH]c2c1CCCC2. The lowest BCUT2D eigenvalue weighted by Gasteiger charge is -2.29. The standard InChI is InChI=1S/C19H24N4O3/c1-25-17-7-6-13(23-8-10-26-11-9-23)12-16(17)20-19(24)18-14-4-2-3-5-15(14)21-22-18/h6-7,12H,2-5,8-11H2,1H3,(H,20,24)(H,21,22). The molecule has 1 amide bonds. The number of aromatic nitrogens is 2. The van der Waals surface area contributed by atoms with Crippen LogP contribution in [0.15, 0.2) is 18.2 Å². The number of fused-ring (bicyclic) bond motifs is 1. The van der Waals surface area contributed by atoms with Crippen LogP contribution in [-0.4, -0.2) is 49.5 Å². The first-order valence-electron chi connectivity index (χ1n) is 9.14. The molecule has 2 aliphatic rings. The predicted octanol–water partition coefficient (Wildman–Crippen LogP) is 2.39. The van der Waals surface area contributed by atoms with Crippen molar-refractivity contribution in [3.63, 3.8) is 0 Å². The minimum absolute atomic E-state index is 0.193. The van der Waals surface area contributed by atoms with Crippen LogP contribution < -0.4 is 15.0 Å². The Balaban J connectivity index is 1.58. The largest absolute Gasteiger partial charge is 0.495 e. The molecule has 2 aromatic rings. The fourth-order valence-electron chi connectivity index (χ4n) is 3.66. The molecule has 2 N–H and O–H groups in total. The van der Waals surface area contributed by atoms with Crippen LogP contribution in [0.4, 0.5) is 11.4 Å². The number of nitrogens with one attached hydrogen (secondary N) is 2. The van der Waals surface area contributed by atoms with E-state index < -0.39 is 0 Å². The van der Waals surface area contributed by atoms with Gasteiger partial charge in [-0.05, 0) is 43.9 Å². The number of morpholine rings is 1. The van der Waals surface area contributed by atoms with E-state index in [9.17, 15) is 4.79 Å². The molecule has 1 aromatic carbocycles. The Bertz CT molecular complexity index is 796. The number of methoxy groups -OCH3 is 1. The molecule has 0 bridgehead atoms. The van der Waals surface area contributed by atoms with Gasteiger partial charge in [0.2, 0.25) is 0 Å². The number of anilines is 2. The molecule has 2 heterocycles. The van der Waals surface area contributed by atoms with Crippen LogP contribution >= 0.6 is 0 Å². The fraction of sp³-hybridized carbons (Fsp3) is 0.474. The van der Waals surface area contributed by atoms with E-state index in [1.807, 2.05) is 18.2 Å². The number of rotatable bonds is 4. The number of nitrogens with zero attached hydrogens (tertiary/aromatic N) is 2. The highest BCUT2D eigenvalue weighted by Crippen LogP contribution is 2.31. The summed E-state index contributed by atoms with van der Waals surface area (Å²) in [5, 5.41) is 10.3. The highest BCUT2D eigenvalue weighted by atomic mass is 16.5.